The summed E-state index contributed by atoms with van der Waals surface area (Å²) >= 11 is 0. The highest BCUT2D eigenvalue weighted by atomic mass is 16.4. The fraction of sp³-hybridized carbons (Fsp3) is 0.952. The topological polar surface area (TPSA) is 107 Å². The zero-order valence-corrected chi connectivity index (χ0v) is 31.5. The van der Waals surface area contributed by atoms with Gasteiger partial charge in [0.05, 0.1) is 12.2 Å². The van der Waals surface area contributed by atoms with Crippen molar-refractivity contribution in [3.8, 4) is 0 Å². The number of aliphatic carboxylic acids is 1. The van der Waals surface area contributed by atoms with Crippen molar-refractivity contribution in [2.45, 2.75) is 206 Å². The van der Waals surface area contributed by atoms with E-state index in [-0.39, 0.29) is 46.5 Å². The summed E-state index contributed by atoms with van der Waals surface area (Å²) in [6.07, 6.45) is 27.7. The molecule has 0 radical (unpaired) electrons. The van der Waals surface area contributed by atoms with Crippen molar-refractivity contribution in [3.63, 3.8) is 0 Å². The smallest absolute Gasteiger partial charge is 0.326 e. The molecular formula is C42H75NO5. The van der Waals surface area contributed by atoms with Crippen LogP contribution >= 0.6 is 0 Å². The van der Waals surface area contributed by atoms with Gasteiger partial charge in [0.15, 0.2) is 0 Å². The van der Waals surface area contributed by atoms with Crippen LogP contribution in [0.2, 0.25) is 0 Å². The van der Waals surface area contributed by atoms with Crippen LogP contribution in [0, 0.1) is 46.3 Å². The lowest BCUT2D eigenvalue weighted by Gasteiger charge is -2.63. The van der Waals surface area contributed by atoms with Crippen molar-refractivity contribution in [2.75, 3.05) is 0 Å². The maximum Gasteiger partial charge on any atom is 0.326 e. The zero-order chi connectivity index (χ0) is 34.7. The van der Waals surface area contributed by atoms with Crippen LogP contribution in [0.15, 0.2) is 0 Å². The Morgan fingerprint density at radius 2 is 1.35 bits per heavy atom. The van der Waals surface area contributed by atoms with Crippen LogP contribution in [0.4, 0.5) is 0 Å². The van der Waals surface area contributed by atoms with Crippen molar-refractivity contribution in [3.05, 3.63) is 0 Å². The molecule has 6 nitrogen and oxygen atoms in total. The van der Waals surface area contributed by atoms with E-state index >= 15 is 0 Å². The average molecular weight is 674 g/mol. The molecule has 0 saturated heterocycles. The number of carbonyl (C=O) groups excluding carboxylic acids is 1. The Morgan fingerprint density at radius 3 is 1.94 bits per heavy atom. The summed E-state index contributed by atoms with van der Waals surface area (Å²) in [5.74, 6) is 0.518. The highest BCUT2D eigenvalue weighted by Gasteiger charge is 2.65. The molecule has 0 bridgehead atoms. The molecule has 4 rings (SSSR count). The summed E-state index contributed by atoms with van der Waals surface area (Å²) in [5.41, 5.74) is -0.125. The van der Waals surface area contributed by atoms with Gasteiger partial charge in [0.1, 0.15) is 6.04 Å². The van der Waals surface area contributed by atoms with Crippen LogP contribution < -0.4 is 5.32 Å². The molecule has 0 aromatic heterocycles. The van der Waals surface area contributed by atoms with E-state index in [1.54, 1.807) is 0 Å². The Bertz CT molecular complexity index is 987. The van der Waals surface area contributed by atoms with Crippen molar-refractivity contribution in [2.24, 2.45) is 46.3 Å². The van der Waals surface area contributed by atoms with E-state index in [0.29, 0.717) is 24.7 Å². The molecule has 1 unspecified atom stereocenters. The normalized spacial score (nSPS) is 35.7. The predicted octanol–water partition coefficient (Wildman–Crippen LogP) is 9.83. The Morgan fingerprint density at radius 1 is 0.771 bits per heavy atom. The van der Waals surface area contributed by atoms with Gasteiger partial charge in [0.25, 0.3) is 0 Å². The van der Waals surface area contributed by atoms with Gasteiger partial charge >= 0.3 is 5.97 Å². The van der Waals surface area contributed by atoms with Gasteiger partial charge in [-0.1, -0.05) is 130 Å². The summed E-state index contributed by atoms with van der Waals surface area (Å²) in [7, 11) is 0. The van der Waals surface area contributed by atoms with Gasteiger partial charge in [-0.25, -0.2) is 4.79 Å². The first-order valence-electron chi connectivity index (χ1n) is 20.9. The number of hydrogen-bond donors (Lipinski definition) is 4. The van der Waals surface area contributed by atoms with Gasteiger partial charge in [-0.2, -0.15) is 0 Å². The summed E-state index contributed by atoms with van der Waals surface area (Å²) in [5, 5.41) is 36.4. The molecule has 11 atom stereocenters. The predicted molar refractivity (Wildman–Crippen MR) is 196 cm³/mol. The molecule has 4 saturated carbocycles. The molecule has 1 amide bonds. The van der Waals surface area contributed by atoms with Crippen LogP contribution in [0.25, 0.3) is 0 Å². The molecule has 0 aromatic rings. The second-order valence-corrected chi connectivity index (χ2v) is 17.7. The molecule has 6 heteroatoms. The van der Waals surface area contributed by atoms with E-state index in [4.69, 9.17) is 0 Å². The van der Waals surface area contributed by atoms with E-state index in [0.717, 1.165) is 44.9 Å². The largest absolute Gasteiger partial charge is 0.480 e. The van der Waals surface area contributed by atoms with Crippen LogP contribution in [-0.4, -0.2) is 45.4 Å². The minimum absolute atomic E-state index is 0.0529. The van der Waals surface area contributed by atoms with Gasteiger partial charge in [0.2, 0.25) is 5.91 Å². The quantitative estimate of drug-likeness (QED) is 0.0908. The molecule has 4 fully saturated rings. The fourth-order valence-electron chi connectivity index (χ4n) is 11.9. The number of carboxylic acids is 1. The second-order valence-electron chi connectivity index (χ2n) is 17.7. The minimum atomic E-state index is -0.963. The third-order valence-corrected chi connectivity index (χ3v) is 14.7. The monoisotopic (exact) mass is 674 g/mol. The van der Waals surface area contributed by atoms with Crippen molar-refractivity contribution >= 4 is 11.9 Å². The van der Waals surface area contributed by atoms with E-state index in [9.17, 15) is 24.9 Å². The number of aliphatic hydroxyl groups excluding tert-OH is 2. The third-order valence-electron chi connectivity index (χ3n) is 14.7. The Balaban J connectivity index is 1.16. The lowest BCUT2D eigenvalue weighted by Crippen LogP contribution is -2.61. The van der Waals surface area contributed by atoms with Gasteiger partial charge < -0.3 is 20.6 Å². The van der Waals surface area contributed by atoms with Crippen molar-refractivity contribution in [1.82, 2.24) is 5.32 Å². The highest BCUT2D eigenvalue weighted by Crippen LogP contribution is 2.68. The number of nitrogens with one attached hydrogen (secondary N) is 1. The molecule has 48 heavy (non-hydrogen) atoms. The standard InChI is InChI=1S/C42H75NO5/c1-5-6-7-8-9-10-11-12-13-14-15-16-17-18-19-23-38(46)43-35(40(47)48)27-30(2)32-24-25-33-39-34(29-37(45)42(32,33)4)41(3)26-21-20-22-31(41)28-36(39)44/h30-37,39,44-45H,5-29H2,1-4H3,(H,43,46)(H,47,48)/t30-,31+,32-,33+,34+,35?,36-,37+,39+,41+,42-/m1/s1. The van der Waals surface area contributed by atoms with Crippen LogP contribution in [0.3, 0.4) is 0 Å². The number of carbonyl (C=O) groups is 2. The number of amides is 1. The molecule has 4 N–H and O–H groups in total. The molecular weight excluding hydrogens is 598 g/mol. The Labute approximate surface area is 294 Å². The molecule has 0 spiro atoms. The van der Waals surface area contributed by atoms with E-state index in [1.807, 2.05) is 0 Å². The molecule has 4 aliphatic carbocycles. The van der Waals surface area contributed by atoms with E-state index in [1.165, 1.54) is 103 Å². The number of aliphatic hydroxyl groups is 2. The first-order valence-corrected chi connectivity index (χ1v) is 20.9. The fourth-order valence-corrected chi connectivity index (χ4v) is 11.9. The number of hydrogen-bond acceptors (Lipinski definition) is 4. The number of carboxylic acid groups (broad SMARTS) is 1. The zero-order valence-electron chi connectivity index (χ0n) is 31.5. The molecule has 278 valence electrons. The molecule has 0 heterocycles. The second kappa shape index (κ2) is 18.9. The van der Waals surface area contributed by atoms with Gasteiger partial charge in [0, 0.05) is 6.42 Å². The maximum atomic E-state index is 12.8. The van der Waals surface area contributed by atoms with E-state index in [2.05, 4.69) is 33.0 Å². The first-order chi connectivity index (χ1) is 23.0. The van der Waals surface area contributed by atoms with Crippen molar-refractivity contribution < 1.29 is 24.9 Å². The number of unbranched alkanes of at least 4 members (excludes halogenated alkanes) is 14. The van der Waals surface area contributed by atoms with Gasteiger partial charge in [-0.15, -0.1) is 0 Å². The number of rotatable bonds is 21. The highest BCUT2D eigenvalue weighted by molar-refractivity contribution is 5.83. The average Bonchev–Trinajstić information content (AvgIpc) is 3.41. The van der Waals surface area contributed by atoms with Gasteiger partial charge in [-0.05, 0) is 97.7 Å². The lowest BCUT2D eigenvalue weighted by molar-refractivity contribution is -0.201. The number of fused-ring (bicyclic) bond motifs is 5. The Kier molecular flexibility index (Phi) is 15.6. The molecule has 0 aliphatic heterocycles. The van der Waals surface area contributed by atoms with Gasteiger partial charge in [-0.3, -0.25) is 4.79 Å². The Hall–Kier alpha value is -1.14. The summed E-state index contributed by atoms with van der Waals surface area (Å²) < 4.78 is 0. The SMILES string of the molecule is CCCCCCCCCCCCCCCCCC(=O)NC(C[C@@H](C)[C@H]1CC[C@H]2[C@@H]3[C@H](O)C[C@@H]4CCCC[C@]4(C)[C@H]3C[C@H](O)[C@]12C)C(=O)O. The molecule has 4 aliphatic rings. The maximum absolute atomic E-state index is 12.8. The van der Waals surface area contributed by atoms with Crippen LogP contribution in [0.1, 0.15) is 188 Å². The lowest BCUT2D eigenvalue weighted by atomic mass is 9.43. The summed E-state index contributed by atoms with van der Waals surface area (Å²) in [6.45, 7) is 9.08. The van der Waals surface area contributed by atoms with E-state index < -0.39 is 18.1 Å². The summed E-state index contributed by atoms with van der Waals surface area (Å²) in [6, 6.07) is -0.901. The van der Waals surface area contributed by atoms with Crippen LogP contribution in [0.5, 0.6) is 0 Å². The third kappa shape index (κ3) is 9.59. The van der Waals surface area contributed by atoms with Crippen molar-refractivity contribution in [1.29, 1.82) is 0 Å². The summed E-state index contributed by atoms with van der Waals surface area (Å²) in [4.78, 5) is 25.2. The first kappa shape index (κ1) is 39.6. The van der Waals surface area contributed by atoms with Crippen LogP contribution in [-0.2, 0) is 9.59 Å². The minimum Gasteiger partial charge on any atom is -0.480 e. The molecule has 0 aromatic carbocycles.